The average molecular weight is 336 g/mol. The third-order valence-corrected chi connectivity index (χ3v) is 8.73. The molecule has 1 saturated heterocycles. The molecule has 122 valence electrons. The van der Waals surface area contributed by atoms with Gasteiger partial charge in [0.2, 0.25) is 20.0 Å². The summed E-state index contributed by atoms with van der Waals surface area (Å²) in [4.78, 5) is 0. The molecule has 1 heterocycles. The van der Waals surface area contributed by atoms with Crippen LogP contribution in [0.3, 0.4) is 0 Å². The molecule has 0 radical (unpaired) electrons. The molecule has 0 aromatic heterocycles. The summed E-state index contributed by atoms with van der Waals surface area (Å²) >= 11 is 0. The maximum atomic E-state index is 12.3. The van der Waals surface area contributed by atoms with Crippen LogP contribution in [-0.2, 0) is 20.0 Å². The number of rotatable bonds is 6. The lowest BCUT2D eigenvalue weighted by molar-refractivity contribution is 0.212. The molecular weight excluding hydrogens is 312 g/mol. The highest BCUT2D eigenvalue weighted by molar-refractivity contribution is 7.89. The van der Waals surface area contributed by atoms with Crippen molar-refractivity contribution in [1.82, 2.24) is 8.61 Å². The molecule has 1 atom stereocenters. The van der Waals surface area contributed by atoms with E-state index in [0.29, 0.717) is 31.5 Å². The third kappa shape index (κ3) is 3.78. The van der Waals surface area contributed by atoms with Crippen LogP contribution in [0.15, 0.2) is 0 Å². The largest absolute Gasteiger partial charge is 0.214 e. The second-order valence-electron chi connectivity index (χ2n) is 6.76. The zero-order chi connectivity index (χ0) is 15.3. The SMILES string of the molecule is C[C@H]1CN(S(=O)(=O)CC2CC2)CCN1S(=O)(=O)CC1CC1. The highest BCUT2D eigenvalue weighted by Crippen LogP contribution is 2.33. The van der Waals surface area contributed by atoms with E-state index in [1.165, 1.54) is 8.61 Å². The third-order valence-electron chi connectivity index (χ3n) is 4.57. The summed E-state index contributed by atoms with van der Waals surface area (Å²) in [5.74, 6) is 1.10. The van der Waals surface area contributed by atoms with E-state index in [1.54, 1.807) is 0 Å². The van der Waals surface area contributed by atoms with Crippen molar-refractivity contribution in [2.45, 2.75) is 38.6 Å². The number of hydrogen-bond acceptors (Lipinski definition) is 4. The van der Waals surface area contributed by atoms with Gasteiger partial charge in [-0.3, -0.25) is 0 Å². The van der Waals surface area contributed by atoms with E-state index in [9.17, 15) is 16.8 Å². The number of piperazine rings is 1. The van der Waals surface area contributed by atoms with Gasteiger partial charge in [-0.25, -0.2) is 16.8 Å². The van der Waals surface area contributed by atoms with Crippen LogP contribution in [0.2, 0.25) is 0 Å². The minimum absolute atomic E-state index is 0.228. The van der Waals surface area contributed by atoms with Crippen molar-refractivity contribution in [3.05, 3.63) is 0 Å². The van der Waals surface area contributed by atoms with Gasteiger partial charge in [0.05, 0.1) is 11.5 Å². The number of hydrogen-bond donors (Lipinski definition) is 0. The molecule has 8 heteroatoms. The standard InChI is InChI=1S/C13H24N2O4S2/c1-11-8-14(20(16,17)9-12-2-3-12)6-7-15(11)21(18,19)10-13-4-5-13/h11-13H,2-10H2,1H3/t11-/m0/s1. The van der Waals surface area contributed by atoms with Gasteiger partial charge in [-0.1, -0.05) is 0 Å². The molecule has 2 aliphatic carbocycles. The Morgan fingerprint density at radius 3 is 1.86 bits per heavy atom. The van der Waals surface area contributed by atoms with Crippen molar-refractivity contribution in [1.29, 1.82) is 0 Å². The van der Waals surface area contributed by atoms with E-state index in [-0.39, 0.29) is 17.5 Å². The summed E-state index contributed by atoms with van der Waals surface area (Å²) in [6.45, 7) is 2.69. The van der Waals surface area contributed by atoms with Crippen molar-refractivity contribution in [2.75, 3.05) is 31.1 Å². The predicted octanol–water partition coefficient (Wildman–Crippen LogP) is 0.472. The maximum Gasteiger partial charge on any atom is 0.214 e. The molecule has 0 aromatic carbocycles. The van der Waals surface area contributed by atoms with Crippen LogP contribution in [0.25, 0.3) is 0 Å². The van der Waals surface area contributed by atoms with Gasteiger partial charge in [0.15, 0.2) is 0 Å². The van der Waals surface area contributed by atoms with Gasteiger partial charge in [0.25, 0.3) is 0 Å². The summed E-state index contributed by atoms with van der Waals surface area (Å²) in [6.07, 6.45) is 4.02. The topological polar surface area (TPSA) is 74.8 Å². The van der Waals surface area contributed by atoms with Crippen LogP contribution in [0.5, 0.6) is 0 Å². The molecule has 2 saturated carbocycles. The zero-order valence-corrected chi connectivity index (χ0v) is 14.1. The molecule has 6 nitrogen and oxygen atoms in total. The van der Waals surface area contributed by atoms with E-state index in [2.05, 4.69) is 0 Å². The van der Waals surface area contributed by atoms with E-state index in [4.69, 9.17) is 0 Å². The molecule has 3 fully saturated rings. The minimum atomic E-state index is -3.24. The number of sulfonamides is 2. The average Bonchev–Trinajstić information content (AvgIpc) is 3.25. The van der Waals surface area contributed by atoms with Crippen molar-refractivity contribution in [3.63, 3.8) is 0 Å². The highest BCUT2D eigenvalue weighted by atomic mass is 32.2. The minimum Gasteiger partial charge on any atom is -0.212 e. The quantitative estimate of drug-likeness (QED) is 0.707. The molecular formula is C13H24N2O4S2. The second kappa shape index (κ2) is 5.47. The lowest BCUT2D eigenvalue weighted by Gasteiger charge is -2.38. The molecule has 3 aliphatic rings. The first-order valence-corrected chi connectivity index (χ1v) is 11.0. The van der Waals surface area contributed by atoms with Crippen LogP contribution in [0.4, 0.5) is 0 Å². The molecule has 3 rings (SSSR count). The molecule has 0 amide bonds. The monoisotopic (exact) mass is 336 g/mol. The normalized spacial score (nSPS) is 29.7. The first-order chi connectivity index (χ1) is 9.78. The van der Waals surface area contributed by atoms with Gasteiger partial charge in [-0.2, -0.15) is 8.61 Å². The Hall–Kier alpha value is -0.180. The maximum absolute atomic E-state index is 12.3. The Morgan fingerprint density at radius 1 is 0.857 bits per heavy atom. The Kier molecular flexibility index (Phi) is 4.09. The Balaban J connectivity index is 1.63. The van der Waals surface area contributed by atoms with E-state index >= 15 is 0 Å². The van der Waals surface area contributed by atoms with E-state index in [1.807, 2.05) is 6.92 Å². The molecule has 21 heavy (non-hydrogen) atoms. The summed E-state index contributed by atoms with van der Waals surface area (Å²) in [5, 5.41) is 0. The Bertz CT molecular complexity index is 594. The van der Waals surface area contributed by atoms with Crippen LogP contribution in [0, 0.1) is 11.8 Å². The van der Waals surface area contributed by atoms with Gasteiger partial charge >= 0.3 is 0 Å². The van der Waals surface area contributed by atoms with Gasteiger partial charge in [-0.15, -0.1) is 0 Å². The fourth-order valence-electron chi connectivity index (χ4n) is 2.94. The van der Waals surface area contributed by atoms with Crippen molar-refractivity contribution < 1.29 is 16.8 Å². The van der Waals surface area contributed by atoms with E-state index in [0.717, 1.165) is 25.7 Å². The van der Waals surface area contributed by atoms with Gasteiger partial charge < -0.3 is 0 Å². The molecule has 0 N–H and O–H groups in total. The molecule has 0 bridgehead atoms. The molecule has 0 aromatic rings. The van der Waals surface area contributed by atoms with Crippen molar-refractivity contribution >= 4 is 20.0 Å². The van der Waals surface area contributed by atoms with Crippen LogP contribution >= 0.6 is 0 Å². The van der Waals surface area contributed by atoms with E-state index < -0.39 is 20.0 Å². The molecule has 0 spiro atoms. The molecule has 1 aliphatic heterocycles. The second-order valence-corrected chi connectivity index (χ2v) is 10.7. The van der Waals surface area contributed by atoms with Gasteiger partial charge in [0, 0.05) is 25.7 Å². The Labute approximate surface area is 127 Å². The van der Waals surface area contributed by atoms with Crippen LogP contribution in [0.1, 0.15) is 32.6 Å². The van der Waals surface area contributed by atoms with Crippen molar-refractivity contribution in [2.24, 2.45) is 11.8 Å². The first-order valence-electron chi connectivity index (χ1n) is 7.75. The smallest absolute Gasteiger partial charge is 0.212 e. The Morgan fingerprint density at radius 2 is 1.38 bits per heavy atom. The fraction of sp³-hybridized carbons (Fsp3) is 1.00. The summed E-state index contributed by atoms with van der Waals surface area (Å²) in [5.41, 5.74) is 0. The van der Waals surface area contributed by atoms with Crippen LogP contribution in [-0.4, -0.2) is 62.6 Å². The zero-order valence-electron chi connectivity index (χ0n) is 12.4. The first kappa shape index (κ1) is 15.7. The lowest BCUT2D eigenvalue weighted by Crippen LogP contribution is -2.56. The van der Waals surface area contributed by atoms with Crippen molar-refractivity contribution in [3.8, 4) is 0 Å². The molecule has 0 unspecified atom stereocenters. The highest BCUT2D eigenvalue weighted by Gasteiger charge is 2.40. The fourth-order valence-corrected chi connectivity index (χ4v) is 6.98. The van der Waals surface area contributed by atoms with Crippen LogP contribution < -0.4 is 0 Å². The van der Waals surface area contributed by atoms with Gasteiger partial charge in [-0.05, 0) is 44.4 Å². The summed E-state index contributed by atoms with van der Waals surface area (Å²) in [6, 6.07) is -0.267. The summed E-state index contributed by atoms with van der Waals surface area (Å²) in [7, 11) is -6.46. The number of nitrogens with zero attached hydrogens (tertiary/aromatic N) is 2. The van der Waals surface area contributed by atoms with Gasteiger partial charge in [0.1, 0.15) is 0 Å². The predicted molar refractivity (Wildman–Crippen MR) is 80.8 cm³/mol. The lowest BCUT2D eigenvalue weighted by atomic mass is 10.3. The summed E-state index contributed by atoms with van der Waals surface area (Å²) < 4.78 is 52.3.